The number of nitrogen functional groups attached to an aromatic ring is 1. The van der Waals surface area contributed by atoms with Gasteiger partial charge in [0, 0.05) is 11.1 Å². The number of carbonyl (C=O) groups is 2. The number of esters is 2. The minimum Gasteiger partial charge on any atom is -0.462 e. The van der Waals surface area contributed by atoms with Crippen LogP contribution in [0.1, 0.15) is 33.9 Å². The van der Waals surface area contributed by atoms with Crippen LogP contribution < -0.4 is 11.4 Å². The van der Waals surface area contributed by atoms with Crippen LogP contribution in [0.2, 0.25) is 0 Å². The summed E-state index contributed by atoms with van der Waals surface area (Å²) in [4.78, 5) is 42.4. The highest BCUT2D eigenvalue weighted by atomic mass is 19.1. The Kier molecular flexibility index (Phi) is 7.00. The van der Waals surface area contributed by atoms with Gasteiger partial charge in [0.25, 0.3) is 0 Å². The van der Waals surface area contributed by atoms with Crippen LogP contribution in [0.4, 0.5) is 10.2 Å². The van der Waals surface area contributed by atoms with Crippen LogP contribution >= 0.6 is 0 Å². The molecule has 0 saturated carbocycles. The van der Waals surface area contributed by atoms with Crippen LogP contribution in [-0.4, -0.2) is 46.1 Å². The van der Waals surface area contributed by atoms with Crippen molar-refractivity contribution in [3.05, 3.63) is 33.2 Å². The van der Waals surface area contributed by atoms with Gasteiger partial charge in [-0.3, -0.25) is 14.2 Å². The Balaban J connectivity index is 2.50. The minimum absolute atomic E-state index is 0.0976. The number of carbonyl (C=O) groups excluding carboxylic acids is 2. The van der Waals surface area contributed by atoms with Crippen molar-refractivity contribution in [2.24, 2.45) is 17.0 Å². The first kappa shape index (κ1) is 23.1. The third-order valence-electron chi connectivity index (χ3n) is 4.28. The van der Waals surface area contributed by atoms with Crippen molar-refractivity contribution in [2.75, 3.05) is 12.3 Å². The molecule has 1 aromatic heterocycles. The largest absolute Gasteiger partial charge is 0.462 e. The number of rotatable bonds is 7. The van der Waals surface area contributed by atoms with Crippen molar-refractivity contribution in [1.29, 1.82) is 0 Å². The molecule has 0 aliphatic carbocycles. The molecule has 0 spiro atoms. The Labute approximate surface area is 170 Å². The van der Waals surface area contributed by atoms with E-state index in [0.29, 0.717) is 0 Å². The number of anilines is 1. The zero-order chi connectivity index (χ0) is 22.6. The van der Waals surface area contributed by atoms with E-state index in [0.717, 1.165) is 10.8 Å². The molecule has 0 aromatic carbocycles. The summed E-state index contributed by atoms with van der Waals surface area (Å²) < 4.78 is 32.0. The SMILES string of the molecule is CC(C)C(=O)OC[C@@]1(N=[N+]=[N-])O[C@@H](n2ccc(N)nc2=O)[C@H](F)[C@@H]1OC(=O)C(C)C. The number of hydrogen-bond donors (Lipinski definition) is 1. The van der Waals surface area contributed by atoms with E-state index in [9.17, 15) is 14.4 Å². The molecule has 13 heteroatoms. The molecule has 4 atom stereocenters. The number of alkyl halides is 1. The van der Waals surface area contributed by atoms with Crippen LogP contribution in [0.3, 0.4) is 0 Å². The van der Waals surface area contributed by atoms with Gasteiger partial charge in [0.2, 0.25) is 5.72 Å². The maximum Gasteiger partial charge on any atom is 0.351 e. The number of nitrogens with zero attached hydrogens (tertiary/aromatic N) is 5. The lowest BCUT2D eigenvalue weighted by molar-refractivity contribution is -0.180. The topological polar surface area (TPSA) is 171 Å². The maximum absolute atomic E-state index is 15.4. The van der Waals surface area contributed by atoms with Gasteiger partial charge in [-0.05, 0) is 11.6 Å². The number of halogens is 1. The average molecular weight is 426 g/mol. The van der Waals surface area contributed by atoms with Crippen LogP contribution in [0.25, 0.3) is 10.4 Å². The average Bonchev–Trinajstić information content (AvgIpc) is 2.92. The predicted octanol–water partition coefficient (Wildman–Crippen LogP) is 1.47. The van der Waals surface area contributed by atoms with E-state index < -0.39 is 60.3 Å². The van der Waals surface area contributed by atoms with Crippen LogP contribution in [0.5, 0.6) is 0 Å². The monoisotopic (exact) mass is 426 g/mol. The van der Waals surface area contributed by atoms with E-state index in [-0.39, 0.29) is 5.82 Å². The summed E-state index contributed by atoms with van der Waals surface area (Å²) in [6.07, 6.45) is -4.49. The second-order valence-electron chi connectivity index (χ2n) is 7.30. The summed E-state index contributed by atoms with van der Waals surface area (Å²) in [5.74, 6) is -2.75. The van der Waals surface area contributed by atoms with Crippen molar-refractivity contribution < 1.29 is 28.2 Å². The number of hydrogen-bond acceptors (Lipinski definition) is 9. The molecule has 0 amide bonds. The Morgan fingerprint density at radius 3 is 2.57 bits per heavy atom. The van der Waals surface area contributed by atoms with Crippen molar-refractivity contribution >= 4 is 17.8 Å². The lowest BCUT2D eigenvalue weighted by Gasteiger charge is -2.29. The highest BCUT2D eigenvalue weighted by molar-refractivity contribution is 5.72. The summed E-state index contributed by atoms with van der Waals surface area (Å²) in [6.45, 7) is 5.43. The van der Waals surface area contributed by atoms with E-state index in [1.54, 1.807) is 13.8 Å². The van der Waals surface area contributed by atoms with Gasteiger partial charge < -0.3 is 19.9 Å². The third kappa shape index (κ3) is 4.69. The smallest absolute Gasteiger partial charge is 0.351 e. The fourth-order valence-electron chi connectivity index (χ4n) is 2.63. The molecule has 1 fully saturated rings. The van der Waals surface area contributed by atoms with E-state index >= 15 is 4.39 Å². The molecule has 1 saturated heterocycles. The second-order valence-corrected chi connectivity index (χ2v) is 7.30. The van der Waals surface area contributed by atoms with Gasteiger partial charge in [0.15, 0.2) is 18.5 Å². The van der Waals surface area contributed by atoms with Gasteiger partial charge in [0.1, 0.15) is 12.4 Å². The van der Waals surface area contributed by atoms with Crippen LogP contribution in [0, 0.1) is 11.8 Å². The van der Waals surface area contributed by atoms with Crippen molar-refractivity contribution in [3.8, 4) is 0 Å². The molecule has 1 aliphatic heterocycles. The molecule has 2 heterocycles. The highest BCUT2D eigenvalue weighted by Gasteiger charge is 2.60. The fraction of sp³-hybridized carbons (Fsp3) is 0.647. The van der Waals surface area contributed by atoms with E-state index in [2.05, 4.69) is 15.0 Å². The second kappa shape index (κ2) is 9.09. The first-order chi connectivity index (χ1) is 14.0. The number of azide groups is 1. The molecule has 2 N–H and O–H groups in total. The van der Waals surface area contributed by atoms with Gasteiger partial charge >= 0.3 is 17.6 Å². The molecular formula is C17H23FN6O6. The molecule has 0 unspecified atom stereocenters. The summed E-state index contributed by atoms with van der Waals surface area (Å²) in [5, 5.41) is 3.46. The molecule has 164 valence electrons. The zero-order valence-electron chi connectivity index (χ0n) is 16.9. The Bertz CT molecular complexity index is 914. The Morgan fingerprint density at radius 1 is 1.40 bits per heavy atom. The van der Waals surface area contributed by atoms with Gasteiger partial charge in [-0.15, -0.1) is 0 Å². The number of ether oxygens (including phenoxy) is 3. The number of aromatic nitrogens is 2. The van der Waals surface area contributed by atoms with E-state index in [4.69, 9.17) is 25.5 Å². The molecule has 30 heavy (non-hydrogen) atoms. The molecular weight excluding hydrogens is 403 g/mol. The standard InChI is InChI=1S/C17H23FN6O6/c1-8(2)14(25)28-7-17(22-23-20)12(29-15(26)9(3)4)11(18)13(30-17)24-6-5-10(19)21-16(24)27/h5-6,8-9,11-13H,7H2,1-4H3,(H2,19,21,27)/t11-,12+,13-,17-/m1/s1. The molecule has 0 radical (unpaired) electrons. The molecule has 1 aromatic rings. The van der Waals surface area contributed by atoms with Gasteiger partial charge in [0.05, 0.1) is 11.8 Å². The van der Waals surface area contributed by atoms with Crippen molar-refractivity contribution in [3.63, 3.8) is 0 Å². The summed E-state index contributed by atoms with van der Waals surface area (Å²) in [5.41, 5.74) is 11.3. The first-order valence-electron chi connectivity index (χ1n) is 9.12. The van der Waals surface area contributed by atoms with E-state index in [1.165, 1.54) is 19.9 Å². The lowest BCUT2D eigenvalue weighted by Crippen LogP contribution is -2.48. The van der Waals surface area contributed by atoms with Gasteiger partial charge in [-0.1, -0.05) is 32.8 Å². The summed E-state index contributed by atoms with van der Waals surface area (Å²) in [6, 6.07) is 1.24. The van der Waals surface area contributed by atoms with Crippen LogP contribution in [-0.2, 0) is 23.8 Å². The lowest BCUT2D eigenvalue weighted by atomic mass is 10.1. The summed E-state index contributed by atoms with van der Waals surface area (Å²) in [7, 11) is 0. The quantitative estimate of drug-likeness (QED) is 0.295. The fourth-order valence-corrected chi connectivity index (χ4v) is 2.63. The van der Waals surface area contributed by atoms with E-state index in [1.807, 2.05) is 0 Å². The number of nitrogens with two attached hydrogens (primary N) is 1. The van der Waals surface area contributed by atoms with Crippen molar-refractivity contribution in [1.82, 2.24) is 9.55 Å². The minimum atomic E-state index is -2.24. The predicted molar refractivity (Wildman–Crippen MR) is 100 cm³/mol. The van der Waals surface area contributed by atoms with Gasteiger partial charge in [-0.25, -0.2) is 9.18 Å². The molecule has 12 nitrogen and oxygen atoms in total. The third-order valence-corrected chi connectivity index (χ3v) is 4.28. The maximum atomic E-state index is 15.4. The highest BCUT2D eigenvalue weighted by Crippen LogP contribution is 2.42. The van der Waals surface area contributed by atoms with Crippen molar-refractivity contribution in [2.45, 2.75) is 51.9 Å². The molecule has 1 aliphatic rings. The molecule has 0 bridgehead atoms. The molecule has 2 rings (SSSR count). The Morgan fingerprint density at radius 2 is 2.03 bits per heavy atom. The first-order valence-corrected chi connectivity index (χ1v) is 9.12. The normalized spacial score (nSPS) is 25.8. The summed E-state index contributed by atoms with van der Waals surface area (Å²) >= 11 is 0. The Hall–Kier alpha value is -3.18. The van der Waals surface area contributed by atoms with Gasteiger partial charge in [-0.2, -0.15) is 4.98 Å². The van der Waals surface area contributed by atoms with Crippen LogP contribution in [0.15, 0.2) is 22.2 Å². The zero-order valence-corrected chi connectivity index (χ0v) is 16.9.